The standard InChI is InChI=1S/C20H25FN2O4S/c1-15-3-5-16(6-4-15)18(23-9-11-27-12-10-23)14-22-28(24,25)20-13-17(21)7-8-19(20)26-2/h3-8,13,18,22H,9-12,14H2,1-2H3/t18-/m0/s1. The molecule has 0 spiro atoms. The number of sulfonamides is 1. The Hall–Kier alpha value is -2.00. The van der Waals surface area contributed by atoms with Crippen LogP contribution in [0.3, 0.4) is 0 Å². The second kappa shape index (κ2) is 9.00. The maximum atomic E-state index is 13.6. The van der Waals surface area contributed by atoms with Crippen molar-refractivity contribution in [2.75, 3.05) is 40.0 Å². The number of morpholine rings is 1. The van der Waals surface area contributed by atoms with Gasteiger partial charge >= 0.3 is 0 Å². The molecule has 6 nitrogen and oxygen atoms in total. The summed E-state index contributed by atoms with van der Waals surface area (Å²) < 4.78 is 52.5. The van der Waals surface area contributed by atoms with Gasteiger partial charge < -0.3 is 9.47 Å². The van der Waals surface area contributed by atoms with Gasteiger partial charge in [0, 0.05) is 25.7 Å². The number of ether oxygens (including phenoxy) is 2. The van der Waals surface area contributed by atoms with Gasteiger partial charge in [0.15, 0.2) is 0 Å². The van der Waals surface area contributed by atoms with Gasteiger partial charge in [-0.25, -0.2) is 17.5 Å². The van der Waals surface area contributed by atoms with Gasteiger partial charge in [-0.2, -0.15) is 0 Å². The van der Waals surface area contributed by atoms with E-state index in [0.717, 1.165) is 17.2 Å². The molecule has 8 heteroatoms. The number of hydrogen-bond acceptors (Lipinski definition) is 5. The van der Waals surface area contributed by atoms with Crippen LogP contribution < -0.4 is 9.46 Å². The lowest BCUT2D eigenvalue weighted by molar-refractivity contribution is 0.0172. The van der Waals surface area contributed by atoms with Crippen molar-refractivity contribution in [1.82, 2.24) is 9.62 Å². The van der Waals surface area contributed by atoms with Crippen molar-refractivity contribution >= 4 is 10.0 Å². The summed E-state index contributed by atoms with van der Waals surface area (Å²) in [7, 11) is -2.59. The lowest BCUT2D eigenvalue weighted by atomic mass is 10.0. The minimum Gasteiger partial charge on any atom is -0.495 e. The molecule has 2 aromatic rings. The van der Waals surface area contributed by atoms with Crippen LogP contribution in [0.2, 0.25) is 0 Å². The highest BCUT2D eigenvalue weighted by Crippen LogP contribution is 2.26. The van der Waals surface area contributed by atoms with Crippen molar-refractivity contribution in [3.8, 4) is 5.75 Å². The molecule has 0 amide bonds. The Bertz CT molecular complexity index is 897. The molecule has 1 N–H and O–H groups in total. The number of nitrogens with zero attached hydrogens (tertiary/aromatic N) is 1. The summed E-state index contributed by atoms with van der Waals surface area (Å²) in [4.78, 5) is 1.99. The second-order valence-electron chi connectivity index (χ2n) is 6.72. The molecule has 0 aromatic heterocycles. The predicted octanol–water partition coefficient (Wildman–Crippen LogP) is 2.49. The molecule has 0 saturated carbocycles. The summed E-state index contributed by atoms with van der Waals surface area (Å²) >= 11 is 0. The van der Waals surface area contributed by atoms with E-state index in [1.807, 2.05) is 31.2 Å². The fourth-order valence-corrected chi connectivity index (χ4v) is 4.48. The van der Waals surface area contributed by atoms with Crippen molar-refractivity contribution in [3.63, 3.8) is 0 Å². The van der Waals surface area contributed by atoms with Crippen molar-refractivity contribution < 1.29 is 22.3 Å². The third-order valence-electron chi connectivity index (χ3n) is 4.83. The van der Waals surface area contributed by atoms with E-state index in [4.69, 9.17) is 9.47 Å². The first-order valence-corrected chi connectivity index (χ1v) is 10.6. The molecule has 0 bridgehead atoms. The van der Waals surface area contributed by atoms with Crippen LogP contribution in [-0.2, 0) is 14.8 Å². The number of aryl methyl sites for hydroxylation is 1. The number of rotatable bonds is 7. The van der Waals surface area contributed by atoms with Gasteiger partial charge in [-0.1, -0.05) is 29.8 Å². The highest BCUT2D eigenvalue weighted by Gasteiger charge is 2.26. The van der Waals surface area contributed by atoms with Crippen LogP contribution in [0, 0.1) is 12.7 Å². The normalized spacial score (nSPS) is 16.7. The molecule has 1 aliphatic rings. The van der Waals surface area contributed by atoms with E-state index >= 15 is 0 Å². The minimum atomic E-state index is -3.95. The zero-order chi connectivity index (χ0) is 20.1. The fraction of sp³-hybridized carbons (Fsp3) is 0.400. The van der Waals surface area contributed by atoms with Crippen LogP contribution in [-0.4, -0.2) is 53.3 Å². The highest BCUT2D eigenvalue weighted by molar-refractivity contribution is 7.89. The third kappa shape index (κ3) is 4.88. The highest BCUT2D eigenvalue weighted by atomic mass is 32.2. The van der Waals surface area contributed by atoms with E-state index in [1.165, 1.54) is 19.2 Å². The molecule has 1 fully saturated rings. The van der Waals surface area contributed by atoms with Crippen molar-refractivity contribution in [3.05, 3.63) is 59.4 Å². The van der Waals surface area contributed by atoms with Crippen LogP contribution in [0.15, 0.2) is 47.4 Å². The van der Waals surface area contributed by atoms with E-state index in [0.29, 0.717) is 26.3 Å². The second-order valence-corrected chi connectivity index (χ2v) is 8.46. The van der Waals surface area contributed by atoms with Gasteiger partial charge in [0.05, 0.1) is 20.3 Å². The van der Waals surface area contributed by atoms with E-state index in [2.05, 4.69) is 9.62 Å². The largest absolute Gasteiger partial charge is 0.495 e. The summed E-state index contributed by atoms with van der Waals surface area (Å²) in [6.07, 6.45) is 0. The number of methoxy groups -OCH3 is 1. The molecule has 3 rings (SSSR count). The molecule has 28 heavy (non-hydrogen) atoms. The number of hydrogen-bond donors (Lipinski definition) is 1. The average Bonchev–Trinajstić information content (AvgIpc) is 2.70. The van der Waals surface area contributed by atoms with Crippen molar-refractivity contribution in [2.45, 2.75) is 17.9 Å². The summed E-state index contributed by atoms with van der Waals surface area (Å²) in [6, 6.07) is 11.3. The maximum absolute atomic E-state index is 13.6. The van der Waals surface area contributed by atoms with E-state index in [-0.39, 0.29) is 23.2 Å². The number of nitrogens with one attached hydrogen (secondary N) is 1. The SMILES string of the molecule is COc1ccc(F)cc1S(=O)(=O)NC[C@@H](c1ccc(C)cc1)N1CCOCC1. The van der Waals surface area contributed by atoms with Crippen LogP contribution in [0.1, 0.15) is 17.2 Å². The maximum Gasteiger partial charge on any atom is 0.244 e. The summed E-state index contributed by atoms with van der Waals surface area (Å²) in [5, 5.41) is 0. The van der Waals surface area contributed by atoms with Gasteiger partial charge in [-0.05, 0) is 30.7 Å². The van der Waals surface area contributed by atoms with Crippen LogP contribution >= 0.6 is 0 Å². The summed E-state index contributed by atoms with van der Waals surface area (Å²) in [5.74, 6) is -0.531. The Morgan fingerprint density at radius 3 is 2.50 bits per heavy atom. The lowest BCUT2D eigenvalue weighted by Crippen LogP contribution is -2.43. The molecule has 1 aliphatic heterocycles. The molecular formula is C20H25FN2O4S. The van der Waals surface area contributed by atoms with Crippen molar-refractivity contribution in [1.29, 1.82) is 0 Å². The molecule has 1 saturated heterocycles. The first kappa shape index (κ1) is 20.7. The van der Waals surface area contributed by atoms with Crippen LogP contribution in [0.4, 0.5) is 4.39 Å². The molecule has 0 unspecified atom stereocenters. The topological polar surface area (TPSA) is 67.9 Å². The lowest BCUT2D eigenvalue weighted by Gasteiger charge is -2.35. The zero-order valence-corrected chi connectivity index (χ0v) is 16.8. The zero-order valence-electron chi connectivity index (χ0n) is 16.0. The van der Waals surface area contributed by atoms with E-state index < -0.39 is 15.8 Å². The smallest absolute Gasteiger partial charge is 0.244 e. The van der Waals surface area contributed by atoms with Gasteiger partial charge in [0.2, 0.25) is 10.0 Å². The Balaban J connectivity index is 1.84. The Morgan fingerprint density at radius 1 is 1.18 bits per heavy atom. The molecule has 0 radical (unpaired) electrons. The van der Waals surface area contributed by atoms with Crippen molar-refractivity contribution in [2.24, 2.45) is 0 Å². The summed E-state index contributed by atoms with van der Waals surface area (Å²) in [6.45, 7) is 4.80. The van der Waals surface area contributed by atoms with Gasteiger partial charge in [0.1, 0.15) is 16.5 Å². The van der Waals surface area contributed by atoms with Gasteiger partial charge in [-0.3, -0.25) is 4.90 Å². The Kier molecular flexibility index (Phi) is 6.66. The minimum absolute atomic E-state index is 0.104. The fourth-order valence-electron chi connectivity index (χ4n) is 3.26. The first-order chi connectivity index (χ1) is 13.4. The summed E-state index contributed by atoms with van der Waals surface area (Å²) in [5.41, 5.74) is 2.15. The monoisotopic (exact) mass is 408 g/mol. The number of halogens is 1. The first-order valence-electron chi connectivity index (χ1n) is 9.12. The van der Waals surface area contributed by atoms with Gasteiger partial charge in [0.25, 0.3) is 0 Å². The predicted molar refractivity (Wildman–Crippen MR) is 104 cm³/mol. The average molecular weight is 408 g/mol. The molecule has 2 aromatic carbocycles. The molecule has 1 atom stereocenters. The quantitative estimate of drug-likeness (QED) is 0.763. The van der Waals surface area contributed by atoms with Gasteiger partial charge in [-0.15, -0.1) is 0 Å². The molecule has 152 valence electrons. The van der Waals surface area contributed by atoms with E-state index in [1.54, 1.807) is 0 Å². The molecule has 1 heterocycles. The molecule has 0 aliphatic carbocycles. The van der Waals surface area contributed by atoms with Crippen LogP contribution in [0.5, 0.6) is 5.75 Å². The Morgan fingerprint density at radius 2 is 1.86 bits per heavy atom. The Labute approximate surface area is 165 Å². The van der Waals surface area contributed by atoms with E-state index in [9.17, 15) is 12.8 Å². The number of benzene rings is 2. The third-order valence-corrected chi connectivity index (χ3v) is 6.28. The van der Waals surface area contributed by atoms with Crippen LogP contribution in [0.25, 0.3) is 0 Å². The molecular weight excluding hydrogens is 383 g/mol.